The number of nitrogen functional groups attached to an aromatic ring is 1. The fourth-order valence-corrected chi connectivity index (χ4v) is 10.2. The third-order valence-corrected chi connectivity index (χ3v) is 14.4. The van der Waals surface area contributed by atoms with Crippen LogP contribution in [-0.2, 0) is 25.7 Å². The topological polar surface area (TPSA) is 201 Å². The molecular formula is C54H73N11O7. The number of aldehydes is 1. The minimum atomic E-state index is -1.03. The van der Waals surface area contributed by atoms with Crippen molar-refractivity contribution in [1.29, 1.82) is 0 Å². The predicted octanol–water partition coefficient (Wildman–Crippen LogP) is 6.40. The third-order valence-electron chi connectivity index (χ3n) is 14.4. The van der Waals surface area contributed by atoms with Gasteiger partial charge in [0.2, 0.25) is 17.7 Å². The van der Waals surface area contributed by atoms with Crippen molar-refractivity contribution in [2.24, 2.45) is 5.41 Å². The lowest BCUT2D eigenvalue weighted by Gasteiger charge is -2.43. The van der Waals surface area contributed by atoms with Crippen LogP contribution in [0, 0.1) is 5.41 Å². The molecule has 72 heavy (non-hydrogen) atoms. The van der Waals surface area contributed by atoms with E-state index in [1.807, 2.05) is 102 Å². The number of unbranched alkanes of at least 4 members (excludes halogenated alkanes) is 1. The van der Waals surface area contributed by atoms with Gasteiger partial charge in [0.25, 0.3) is 0 Å². The SMILES string of the molecule is C[C@@H]1CN(C(=O)OC(C)(C)C)CCN1CCOc1cc(N2C3CCC2CN(c2cc(-c4ccccc4OCc4ccc(NC(=O)[C@H](CCCCN(C)C)NC(=O)C5(C=O)CCC5)cc4)nnc2N)C3)ccn1. The number of carbonyl (C=O) groups is 4. The lowest BCUT2D eigenvalue weighted by atomic mass is 9.69. The fraction of sp³-hybridized carbons (Fsp3) is 0.537. The third kappa shape index (κ3) is 12.7. The first-order valence-electron chi connectivity index (χ1n) is 25.6. The van der Waals surface area contributed by atoms with Gasteiger partial charge in [-0.05, 0) is 135 Å². The molecule has 3 saturated heterocycles. The summed E-state index contributed by atoms with van der Waals surface area (Å²) in [6.45, 7) is 13.6. The minimum absolute atomic E-state index is 0.179. The highest BCUT2D eigenvalue weighted by atomic mass is 16.6. The van der Waals surface area contributed by atoms with Crippen molar-refractivity contribution in [3.63, 3.8) is 0 Å². The number of para-hydroxylation sites is 1. The second-order valence-corrected chi connectivity index (χ2v) is 21.1. The molecule has 1 aliphatic carbocycles. The molecule has 2 aromatic carbocycles. The van der Waals surface area contributed by atoms with E-state index < -0.39 is 17.1 Å². The smallest absolute Gasteiger partial charge is 0.410 e. The highest BCUT2D eigenvalue weighted by Crippen LogP contribution is 2.41. The van der Waals surface area contributed by atoms with E-state index in [4.69, 9.17) is 19.9 Å². The average Bonchev–Trinajstić information content (AvgIpc) is 3.60. The molecule has 18 heteroatoms. The van der Waals surface area contributed by atoms with E-state index in [1.54, 1.807) is 4.90 Å². The number of hydrogen-bond acceptors (Lipinski definition) is 15. The van der Waals surface area contributed by atoms with E-state index in [0.717, 1.165) is 93.6 Å². The Hall–Kier alpha value is -6.53. The number of fused-ring (bicyclic) bond motifs is 2. The van der Waals surface area contributed by atoms with Crippen LogP contribution in [0.5, 0.6) is 11.6 Å². The van der Waals surface area contributed by atoms with Crippen molar-refractivity contribution in [2.75, 3.05) is 87.4 Å². The lowest BCUT2D eigenvalue weighted by molar-refractivity contribution is -0.143. The molecule has 2 aromatic heterocycles. The lowest BCUT2D eigenvalue weighted by Crippen LogP contribution is -2.55. The van der Waals surface area contributed by atoms with E-state index in [2.05, 4.69) is 58.4 Å². The quantitative estimate of drug-likeness (QED) is 0.0499. The van der Waals surface area contributed by atoms with Gasteiger partial charge >= 0.3 is 6.09 Å². The number of pyridine rings is 1. The molecule has 4 fully saturated rings. The van der Waals surface area contributed by atoms with Crippen LogP contribution >= 0.6 is 0 Å². The molecule has 3 amide bonds. The first-order valence-corrected chi connectivity index (χ1v) is 25.6. The molecular weight excluding hydrogens is 915 g/mol. The molecule has 5 heterocycles. The molecule has 4 atom stereocenters. The minimum Gasteiger partial charge on any atom is -0.488 e. The van der Waals surface area contributed by atoms with Gasteiger partial charge in [-0.25, -0.2) is 9.78 Å². The van der Waals surface area contributed by atoms with E-state index in [0.29, 0.717) is 67.8 Å². The van der Waals surface area contributed by atoms with Crippen LogP contribution in [0.2, 0.25) is 0 Å². The number of rotatable bonds is 20. The van der Waals surface area contributed by atoms with Gasteiger partial charge in [0.1, 0.15) is 42.3 Å². The number of nitrogens with zero attached hydrogens (tertiary/aromatic N) is 8. The zero-order valence-corrected chi connectivity index (χ0v) is 42.8. The number of nitrogens with one attached hydrogen (secondary N) is 2. The molecule has 3 aliphatic heterocycles. The molecule has 1 saturated carbocycles. The Morgan fingerprint density at radius 2 is 1.69 bits per heavy atom. The van der Waals surface area contributed by atoms with Crippen LogP contribution in [0.4, 0.5) is 27.7 Å². The number of ether oxygens (including phenoxy) is 3. The van der Waals surface area contributed by atoms with Gasteiger partial charge in [0.05, 0.1) is 11.4 Å². The molecule has 2 unspecified atom stereocenters. The first kappa shape index (κ1) is 51.8. The van der Waals surface area contributed by atoms with Crippen LogP contribution < -0.4 is 35.6 Å². The van der Waals surface area contributed by atoms with E-state index in [-0.39, 0.29) is 42.6 Å². The van der Waals surface area contributed by atoms with Crippen molar-refractivity contribution in [2.45, 2.75) is 115 Å². The molecule has 0 spiro atoms. The van der Waals surface area contributed by atoms with Gasteiger partial charge in [0.15, 0.2) is 5.82 Å². The van der Waals surface area contributed by atoms with Gasteiger partial charge in [-0.15, -0.1) is 10.2 Å². The summed E-state index contributed by atoms with van der Waals surface area (Å²) in [6.07, 6.45) is 8.31. The number of nitrogens with two attached hydrogens (primary N) is 1. The molecule has 0 radical (unpaired) electrons. The number of anilines is 4. The van der Waals surface area contributed by atoms with Crippen molar-refractivity contribution >= 4 is 47.1 Å². The van der Waals surface area contributed by atoms with Crippen LogP contribution in [-0.4, -0.2) is 150 Å². The van der Waals surface area contributed by atoms with Crippen molar-refractivity contribution in [3.8, 4) is 22.9 Å². The molecule has 18 nitrogen and oxygen atoms in total. The maximum absolute atomic E-state index is 13.6. The molecule has 386 valence electrons. The Kier molecular flexibility index (Phi) is 16.5. The summed E-state index contributed by atoms with van der Waals surface area (Å²) in [5.74, 6) is 0.927. The Balaban J connectivity index is 0.850. The summed E-state index contributed by atoms with van der Waals surface area (Å²) in [5, 5.41) is 14.8. The van der Waals surface area contributed by atoms with Gasteiger partial charge in [0, 0.05) is 86.6 Å². The molecule has 4 N–H and O–H groups in total. The highest BCUT2D eigenvalue weighted by Gasteiger charge is 2.45. The number of hydrogen-bond donors (Lipinski definition) is 3. The summed E-state index contributed by atoms with van der Waals surface area (Å²) < 4.78 is 18.2. The summed E-state index contributed by atoms with van der Waals surface area (Å²) in [7, 11) is 4.00. The zero-order chi connectivity index (χ0) is 51.0. The maximum atomic E-state index is 13.6. The highest BCUT2D eigenvalue weighted by molar-refractivity contribution is 6.02. The maximum Gasteiger partial charge on any atom is 0.410 e. The summed E-state index contributed by atoms with van der Waals surface area (Å²) in [4.78, 5) is 66.8. The largest absolute Gasteiger partial charge is 0.488 e. The van der Waals surface area contributed by atoms with Gasteiger partial charge in [-0.2, -0.15) is 0 Å². The van der Waals surface area contributed by atoms with E-state index in [9.17, 15) is 19.2 Å². The molecule has 4 aliphatic rings. The number of amides is 3. The number of piperazine rings is 2. The van der Waals surface area contributed by atoms with Crippen molar-refractivity contribution in [1.82, 2.24) is 35.2 Å². The average molecular weight is 988 g/mol. The Labute approximate surface area is 423 Å². The normalized spacial score (nSPS) is 20.1. The molecule has 2 bridgehead atoms. The van der Waals surface area contributed by atoms with Gasteiger partial charge < -0.3 is 55.0 Å². The summed E-state index contributed by atoms with van der Waals surface area (Å²) >= 11 is 0. The standard InChI is InChI=1S/C54H73N11O7/c1-37-32-63(52(69)72-53(2,3)4)27-26-62(37)28-29-70-48-30-40(21-24-56-48)65-41-19-20-42(65)34-64(33-41)46-31-45(59-60-49(46)55)43-12-7-8-14-47(43)71-35-38-15-17-39(18-16-38)57-50(67)44(13-9-10-25-61(5)6)58-51(68)54(36-66)22-11-23-54/h7-8,12,14-18,21,24,30-31,36-37,41-42,44H,9-11,13,19-20,22-23,25-29,32-35H2,1-6H3,(H2,55,60)(H,57,67)(H,58,68)/t37-,41?,42?,44+/m1/s1. The van der Waals surface area contributed by atoms with Crippen LogP contribution in [0.25, 0.3) is 11.3 Å². The van der Waals surface area contributed by atoms with Gasteiger partial charge in [-0.1, -0.05) is 30.7 Å². The van der Waals surface area contributed by atoms with Crippen LogP contribution in [0.15, 0.2) is 72.9 Å². The Morgan fingerprint density at radius 1 is 0.944 bits per heavy atom. The number of aromatic nitrogens is 3. The number of carbonyl (C=O) groups excluding carboxylic acids is 4. The summed E-state index contributed by atoms with van der Waals surface area (Å²) in [5.41, 5.74) is 9.88. The molecule has 4 aromatic rings. The molecule has 8 rings (SSSR count). The second kappa shape index (κ2) is 22.9. The van der Waals surface area contributed by atoms with Crippen LogP contribution in [0.3, 0.4) is 0 Å². The van der Waals surface area contributed by atoms with E-state index >= 15 is 0 Å². The number of benzene rings is 2. The zero-order valence-electron chi connectivity index (χ0n) is 42.8. The fourth-order valence-electron chi connectivity index (χ4n) is 10.2. The first-order chi connectivity index (χ1) is 34.6. The van der Waals surface area contributed by atoms with Crippen LogP contribution in [0.1, 0.15) is 84.6 Å². The van der Waals surface area contributed by atoms with Gasteiger partial charge in [-0.3, -0.25) is 14.5 Å². The monoisotopic (exact) mass is 988 g/mol. The predicted molar refractivity (Wildman–Crippen MR) is 278 cm³/mol. The Morgan fingerprint density at radius 3 is 2.38 bits per heavy atom. The van der Waals surface area contributed by atoms with Crippen molar-refractivity contribution in [3.05, 3.63) is 78.5 Å². The second-order valence-electron chi connectivity index (χ2n) is 21.1. The summed E-state index contributed by atoms with van der Waals surface area (Å²) in [6, 6.07) is 21.2. The van der Waals surface area contributed by atoms with E-state index in [1.165, 1.54) is 0 Å². The van der Waals surface area contributed by atoms with Crippen molar-refractivity contribution < 1.29 is 33.4 Å². The Bertz CT molecular complexity index is 2500.